The zero-order valence-electron chi connectivity index (χ0n) is 21.6. The van der Waals surface area contributed by atoms with Crippen molar-refractivity contribution in [2.24, 2.45) is 0 Å². The molecule has 0 saturated carbocycles. The molecule has 2 aliphatic heterocycles. The summed E-state index contributed by atoms with van der Waals surface area (Å²) in [6, 6.07) is 15.0. The van der Waals surface area contributed by atoms with Crippen molar-refractivity contribution in [3.05, 3.63) is 70.3 Å². The highest BCUT2D eigenvalue weighted by atomic mass is 32.2. The van der Waals surface area contributed by atoms with E-state index in [9.17, 15) is 14.1 Å². The first-order chi connectivity index (χ1) is 17.3. The molecule has 1 N–H and O–H groups in total. The highest BCUT2D eigenvalue weighted by Crippen LogP contribution is 2.49. The molecule has 2 aliphatic rings. The molecular formula is C30H34N2O3S. The van der Waals surface area contributed by atoms with E-state index in [1.165, 1.54) is 30.5 Å². The summed E-state index contributed by atoms with van der Waals surface area (Å²) in [6.45, 7) is 8.83. The van der Waals surface area contributed by atoms with Crippen molar-refractivity contribution >= 4 is 28.3 Å². The lowest BCUT2D eigenvalue weighted by molar-refractivity contribution is -0.136. The molecule has 0 amide bonds. The van der Waals surface area contributed by atoms with Crippen LogP contribution in [0.1, 0.15) is 47.1 Å². The van der Waals surface area contributed by atoms with E-state index in [-0.39, 0.29) is 6.42 Å². The van der Waals surface area contributed by atoms with Gasteiger partial charge in [0.1, 0.15) is 11.0 Å². The Hall–Kier alpha value is -3.12. The SMILES string of the molecule is Cc1ccc(-c2c(C)c3c(c(C)c2CC(=O)O)N(S(C)=O)Cc2cc(N4CCCCC4)ccc2-3)cc1. The number of carboxylic acids is 1. The fourth-order valence-corrected chi connectivity index (χ4v) is 6.73. The second kappa shape index (κ2) is 9.74. The van der Waals surface area contributed by atoms with Crippen molar-refractivity contribution in [1.82, 2.24) is 0 Å². The van der Waals surface area contributed by atoms with Gasteiger partial charge in [0.25, 0.3) is 0 Å². The van der Waals surface area contributed by atoms with Gasteiger partial charge in [-0.1, -0.05) is 35.9 Å². The Kier molecular flexibility index (Phi) is 6.64. The van der Waals surface area contributed by atoms with Crippen LogP contribution in [0, 0.1) is 20.8 Å². The maximum Gasteiger partial charge on any atom is 0.307 e. The standard InChI is InChI=1S/C30H34N2O3S/c1-19-8-10-22(11-9-19)28-21(3)29-25-13-12-24(31-14-6-5-7-15-31)16-23(25)18-32(36(4)35)30(29)20(2)26(28)17-27(33)34/h8-13,16H,5-7,14-15,17-18H2,1-4H3,(H,33,34). The van der Waals surface area contributed by atoms with Crippen LogP contribution in [0.3, 0.4) is 0 Å². The van der Waals surface area contributed by atoms with Gasteiger partial charge in [0, 0.05) is 30.6 Å². The van der Waals surface area contributed by atoms with E-state index in [2.05, 4.69) is 61.2 Å². The zero-order chi connectivity index (χ0) is 25.6. The summed E-state index contributed by atoms with van der Waals surface area (Å²) in [5, 5.41) is 9.81. The van der Waals surface area contributed by atoms with E-state index in [4.69, 9.17) is 0 Å². The topological polar surface area (TPSA) is 60.9 Å². The molecule has 0 bridgehead atoms. The lowest BCUT2D eigenvalue weighted by Gasteiger charge is -2.36. The van der Waals surface area contributed by atoms with Crippen molar-refractivity contribution in [2.75, 3.05) is 28.6 Å². The maximum absolute atomic E-state index is 13.1. The first-order valence-electron chi connectivity index (χ1n) is 12.7. The van der Waals surface area contributed by atoms with Gasteiger partial charge >= 0.3 is 5.97 Å². The summed E-state index contributed by atoms with van der Waals surface area (Å²) in [4.78, 5) is 14.4. The summed E-state index contributed by atoms with van der Waals surface area (Å²) in [5.74, 6) is -0.864. The number of benzene rings is 3. The molecule has 3 aromatic carbocycles. The molecule has 188 valence electrons. The van der Waals surface area contributed by atoms with E-state index in [1.807, 2.05) is 11.2 Å². The predicted octanol–water partition coefficient (Wildman–Crippen LogP) is 6.18. The normalized spacial score (nSPS) is 15.9. The fourth-order valence-electron chi connectivity index (χ4n) is 5.93. The summed E-state index contributed by atoms with van der Waals surface area (Å²) >= 11 is 0. The molecule has 0 aromatic heterocycles. The van der Waals surface area contributed by atoms with E-state index in [0.29, 0.717) is 6.54 Å². The van der Waals surface area contributed by atoms with Crippen molar-refractivity contribution in [2.45, 2.75) is 53.0 Å². The molecule has 36 heavy (non-hydrogen) atoms. The molecule has 0 aliphatic carbocycles. The first-order valence-corrected chi connectivity index (χ1v) is 14.2. The van der Waals surface area contributed by atoms with Crippen LogP contribution in [-0.4, -0.2) is 34.6 Å². The van der Waals surface area contributed by atoms with Crippen LogP contribution in [0.25, 0.3) is 22.3 Å². The highest BCUT2D eigenvalue weighted by Gasteiger charge is 2.32. The Morgan fingerprint density at radius 1 is 0.944 bits per heavy atom. The number of carbonyl (C=O) groups is 1. The highest BCUT2D eigenvalue weighted by molar-refractivity contribution is 7.85. The van der Waals surface area contributed by atoms with E-state index >= 15 is 0 Å². The van der Waals surface area contributed by atoms with Gasteiger partial charge in [0.05, 0.1) is 18.7 Å². The Morgan fingerprint density at radius 2 is 1.64 bits per heavy atom. The molecule has 5 nitrogen and oxygen atoms in total. The van der Waals surface area contributed by atoms with Gasteiger partial charge in [-0.2, -0.15) is 0 Å². The molecule has 1 saturated heterocycles. The zero-order valence-corrected chi connectivity index (χ0v) is 22.4. The summed E-state index contributed by atoms with van der Waals surface area (Å²) < 4.78 is 15.0. The van der Waals surface area contributed by atoms with Crippen molar-refractivity contribution in [1.29, 1.82) is 0 Å². The van der Waals surface area contributed by atoms with Crippen molar-refractivity contribution in [3.63, 3.8) is 0 Å². The van der Waals surface area contributed by atoms with Crippen LogP contribution in [0.2, 0.25) is 0 Å². The molecule has 6 heteroatoms. The number of hydrogen-bond acceptors (Lipinski definition) is 3. The minimum Gasteiger partial charge on any atom is -0.481 e. The van der Waals surface area contributed by atoms with Gasteiger partial charge in [-0.05, 0) is 91.1 Å². The number of nitrogens with zero attached hydrogens (tertiary/aromatic N) is 2. The van der Waals surface area contributed by atoms with E-state index in [0.717, 1.165) is 63.3 Å². The first kappa shape index (κ1) is 24.6. The molecule has 0 spiro atoms. The lowest BCUT2D eigenvalue weighted by Crippen LogP contribution is -2.31. The third kappa shape index (κ3) is 4.32. The average Bonchev–Trinajstić information content (AvgIpc) is 2.87. The van der Waals surface area contributed by atoms with Gasteiger partial charge < -0.3 is 10.0 Å². The molecule has 5 rings (SSSR count). The maximum atomic E-state index is 13.1. The van der Waals surface area contributed by atoms with Crippen LogP contribution in [0.4, 0.5) is 11.4 Å². The largest absolute Gasteiger partial charge is 0.481 e. The van der Waals surface area contributed by atoms with Gasteiger partial charge in [-0.15, -0.1) is 0 Å². The molecule has 0 radical (unpaired) electrons. The minimum absolute atomic E-state index is 0.0753. The molecular weight excluding hydrogens is 468 g/mol. The summed E-state index contributed by atoms with van der Waals surface area (Å²) in [5.41, 5.74) is 11.4. The molecule has 1 unspecified atom stereocenters. The predicted molar refractivity (Wildman–Crippen MR) is 149 cm³/mol. The van der Waals surface area contributed by atoms with Gasteiger partial charge in [-0.3, -0.25) is 9.10 Å². The van der Waals surface area contributed by atoms with Crippen LogP contribution >= 0.6 is 0 Å². The Balaban J connectivity index is 1.77. The van der Waals surface area contributed by atoms with Crippen LogP contribution in [0.15, 0.2) is 42.5 Å². The van der Waals surface area contributed by atoms with Crippen LogP contribution < -0.4 is 9.21 Å². The van der Waals surface area contributed by atoms with E-state index < -0.39 is 17.0 Å². The smallest absolute Gasteiger partial charge is 0.307 e. The molecule has 3 aromatic rings. The molecule has 1 atom stereocenters. The second-order valence-corrected chi connectivity index (χ2v) is 11.4. The van der Waals surface area contributed by atoms with Gasteiger partial charge in [0.2, 0.25) is 0 Å². The van der Waals surface area contributed by atoms with Crippen LogP contribution in [-0.2, 0) is 28.7 Å². The number of rotatable bonds is 5. The number of anilines is 2. The van der Waals surface area contributed by atoms with Crippen LogP contribution in [0.5, 0.6) is 0 Å². The van der Waals surface area contributed by atoms with Crippen molar-refractivity contribution in [3.8, 4) is 22.3 Å². The lowest BCUT2D eigenvalue weighted by atomic mass is 9.81. The monoisotopic (exact) mass is 502 g/mol. The van der Waals surface area contributed by atoms with Gasteiger partial charge in [0.15, 0.2) is 0 Å². The molecule has 1 fully saturated rings. The number of hydrogen-bond donors (Lipinski definition) is 1. The van der Waals surface area contributed by atoms with E-state index in [1.54, 1.807) is 6.26 Å². The average molecular weight is 503 g/mol. The number of fused-ring (bicyclic) bond motifs is 3. The third-order valence-electron chi connectivity index (χ3n) is 7.72. The number of carboxylic acid groups (broad SMARTS) is 1. The Morgan fingerprint density at radius 3 is 2.28 bits per heavy atom. The summed E-state index contributed by atoms with van der Waals surface area (Å²) in [6.07, 6.45) is 5.36. The third-order valence-corrected chi connectivity index (χ3v) is 8.65. The second-order valence-electron chi connectivity index (χ2n) is 10.1. The number of piperidine rings is 1. The molecule has 2 heterocycles. The fraction of sp³-hybridized carbons (Fsp3) is 0.367. The minimum atomic E-state index is -1.25. The number of aryl methyl sites for hydroxylation is 1. The van der Waals surface area contributed by atoms with Crippen molar-refractivity contribution < 1.29 is 14.1 Å². The Labute approximate surface area is 216 Å². The quantitative estimate of drug-likeness (QED) is 0.453. The number of aliphatic carboxylic acids is 1. The Bertz CT molecular complexity index is 1360. The summed E-state index contributed by atoms with van der Waals surface area (Å²) in [7, 11) is -1.25. The van der Waals surface area contributed by atoms with Gasteiger partial charge in [-0.25, -0.2) is 4.21 Å².